The van der Waals surface area contributed by atoms with E-state index in [-0.39, 0.29) is 29.8 Å². The predicted molar refractivity (Wildman–Crippen MR) is 107 cm³/mol. The molecule has 2 N–H and O–H groups in total. The van der Waals surface area contributed by atoms with Gasteiger partial charge in [0.15, 0.2) is 18.0 Å². The second-order valence-corrected chi connectivity index (χ2v) is 7.35. The first-order valence-electron chi connectivity index (χ1n) is 8.23. The van der Waals surface area contributed by atoms with Crippen LogP contribution in [0, 0.1) is 0 Å². The molecule has 0 spiro atoms. The molecule has 0 bridgehead atoms. The third kappa shape index (κ3) is 3.15. The summed E-state index contributed by atoms with van der Waals surface area (Å²) in [4.78, 5) is 24.6. The molecule has 0 aliphatic heterocycles. The Morgan fingerprint density at radius 2 is 2.22 bits per heavy atom. The standard InChI is InChI=1S/C18H15ClFN5OS/c1-9(2)23-18(26)13-8-25(27-20)17-16(13)24-15(7-22-17)12-6-21-14-5-10(19)3-4-11(12)14/h3-9,21H,1-2H3,(H,23,26). The number of H-pyrrole nitrogens is 1. The number of halogens is 2. The van der Waals surface area contributed by atoms with E-state index in [1.54, 1.807) is 12.3 Å². The Morgan fingerprint density at radius 3 is 2.96 bits per heavy atom. The van der Waals surface area contributed by atoms with Crippen molar-refractivity contribution in [3.05, 3.63) is 47.4 Å². The molecule has 27 heavy (non-hydrogen) atoms. The highest BCUT2D eigenvalue weighted by molar-refractivity contribution is 7.92. The van der Waals surface area contributed by atoms with Crippen LogP contribution >= 0.6 is 23.9 Å². The van der Waals surface area contributed by atoms with E-state index in [9.17, 15) is 8.68 Å². The van der Waals surface area contributed by atoms with E-state index in [4.69, 9.17) is 11.6 Å². The lowest BCUT2D eigenvalue weighted by atomic mass is 10.1. The van der Waals surface area contributed by atoms with E-state index in [1.807, 2.05) is 32.2 Å². The summed E-state index contributed by atoms with van der Waals surface area (Å²) in [5, 5.41) is 4.36. The van der Waals surface area contributed by atoms with Crippen LogP contribution in [0.5, 0.6) is 0 Å². The molecule has 0 unspecified atom stereocenters. The van der Waals surface area contributed by atoms with Crippen LogP contribution in [0.4, 0.5) is 3.89 Å². The molecule has 3 aromatic heterocycles. The van der Waals surface area contributed by atoms with Gasteiger partial charge in [0.05, 0.1) is 17.5 Å². The number of fused-ring (bicyclic) bond motifs is 2. The molecule has 1 amide bonds. The maximum absolute atomic E-state index is 13.3. The van der Waals surface area contributed by atoms with Crippen LogP contribution < -0.4 is 5.32 Å². The molecule has 0 saturated carbocycles. The molecule has 6 nitrogen and oxygen atoms in total. The highest BCUT2D eigenvalue weighted by atomic mass is 35.5. The van der Waals surface area contributed by atoms with E-state index >= 15 is 0 Å². The Morgan fingerprint density at radius 1 is 1.41 bits per heavy atom. The molecule has 138 valence electrons. The van der Waals surface area contributed by atoms with Crippen LogP contribution in [-0.4, -0.2) is 30.9 Å². The molecule has 0 fully saturated rings. The van der Waals surface area contributed by atoms with Gasteiger partial charge in [-0.25, -0.2) is 13.9 Å². The van der Waals surface area contributed by atoms with Crippen LogP contribution in [0.3, 0.4) is 0 Å². The smallest absolute Gasteiger partial charge is 0.255 e. The summed E-state index contributed by atoms with van der Waals surface area (Å²) < 4.78 is 14.5. The van der Waals surface area contributed by atoms with Gasteiger partial charge in [0.25, 0.3) is 5.91 Å². The van der Waals surface area contributed by atoms with E-state index in [0.29, 0.717) is 21.9 Å². The van der Waals surface area contributed by atoms with Gasteiger partial charge in [0, 0.05) is 39.9 Å². The van der Waals surface area contributed by atoms with Crippen molar-refractivity contribution in [3.8, 4) is 11.3 Å². The average Bonchev–Trinajstić information content (AvgIpc) is 3.21. The van der Waals surface area contributed by atoms with Crippen molar-refractivity contribution in [2.75, 3.05) is 0 Å². The quantitative estimate of drug-likeness (QED) is 0.515. The number of rotatable bonds is 4. The molecule has 4 aromatic rings. The first-order chi connectivity index (χ1) is 13.0. The molecule has 0 saturated heterocycles. The Kier molecular flexibility index (Phi) is 4.53. The fourth-order valence-corrected chi connectivity index (χ4v) is 3.48. The van der Waals surface area contributed by atoms with Gasteiger partial charge in [-0.2, -0.15) is 0 Å². The van der Waals surface area contributed by atoms with E-state index in [1.165, 1.54) is 10.2 Å². The number of hydrogen-bond donors (Lipinski definition) is 2. The molecule has 4 rings (SSSR count). The third-order valence-electron chi connectivity index (χ3n) is 4.12. The van der Waals surface area contributed by atoms with Crippen molar-refractivity contribution < 1.29 is 8.68 Å². The summed E-state index contributed by atoms with van der Waals surface area (Å²) in [6.45, 7) is 3.71. The fraction of sp³-hybridized carbons (Fsp3) is 0.167. The minimum absolute atomic E-state index is 0.0238. The Labute approximate surface area is 163 Å². The van der Waals surface area contributed by atoms with Crippen molar-refractivity contribution in [1.29, 1.82) is 0 Å². The van der Waals surface area contributed by atoms with Crippen LogP contribution in [0.15, 0.2) is 36.8 Å². The van der Waals surface area contributed by atoms with Gasteiger partial charge >= 0.3 is 0 Å². The van der Waals surface area contributed by atoms with Crippen LogP contribution in [0.2, 0.25) is 5.02 Å². The molecule has 0 atom stereocenters. The number of amides is 1. The fourth-order valence-electron chi connectivity index (χ4n) is 2.96. The Bertz CT molecular complexity index is 1170. The van der Waals surface area contributed by atoms with E-state index in [0.717, 1.165) is 16.5 Å². The summed E-state index contributed by atoms with van der Waals surface area (Å²) in [5.41, 5.74) is 3.19. The molecule has 0 aliphatic rings. The zero-order valence-electron chi connectivity index (χ0n) is 14.5. The first-order valence-corrected chi connectivity index (χ1v) is 9.28. The minimum atomic E-state index is -0.319. The van der Waals surface area contributed by atoms with Gasteiger partial charge in [-0.05, 0) is 26.0 Å². The van der Waals surface area contributed by atoms with Crippen LogP contribution in [-0.2, 0) is 0 Å². The number of nitrogens with one attached hydrogen (secondary N) is 2. The van der Waals surface area contributed by atoms with Gasteiger partial charge in [-0.15, -0.1) is 3.89 Å². The number of benzene rings is 1. The van der Waals surface area contributed by atoms with Crippen molar-refractivity contribution >= 4 is 51.9 Å². The second kappa shape index (κ2) is 6.86. The van der Waals surface area contributed by atoms with Crippen molar-refractivity contribution in [2.45, 2.75) is 19.9 Å². The predicted octanol–water partition coefficient (Wildman–Crippen LogP) is 4.75. The maximum atomic E-state index is 13.3. The largest absolute Gasteiger partial charge is 0.360 e. The Balaban J connectivity index is 1.89. The monoisotopic (exact) mass is 403 g/mol. The Hall–Kier alpha value is -2.58. The van der Waals surface area contributed by atoms with Crippen LogP contribution in [0.25, 0.3) is 33.3 Å². The number of carbonyl (C=O) groups excluding carboxylic acids is 1. The average molecular weight is 404 g/mol. The summed E-state index contributed by atoms with van der Waals surface area (Å²) in [6.07, 6.45) is 4.79. The lowest BCUT2D eigenvalue weighted by molar-refractivity contribution is 0.0944. The third-order valence-corrected chi connectivity index (χ3v) is 4.78. The SMILES string of the molecule is CC(C)NC(=O)c1cn(SF)c2ncc(-c3c[nH]c4cc(Cl)ccc34)nc12. The number of aromatic nitrogens is 4. The van der Waals surface area contributed by atoms with E-state index < -0.39 is 0 Å². The van der Waals surface area contributed by atoms with Crippen molar-refractivity contribution in [1.82, 2.24) is 24.2 Å². The van der Waals surface area contributed by atoms with E-state index in [2.05, 4.69) is 20.3 Å². The summed E-state index contributed by atoms with van der Waals surface area (Å²) in [7, 11) is 0. The minimum Gasteiger partial charge on any atom is -0.360 e. The van der Waals surface area contributed by atoms with Crippen molar-refractivity contribution in [2.24, 2.45) is 0 Å². The summed E-state index contributed by atoms with van der Waals surface area (Å²) in [6, 6.07) is 5.46. The molecule has 3 heterocycles. The number of carbonyl (C=O) groups is 1. The molecule has 1 aromatic carbocycles. The second-order valence-electron chi connectivity index (χ2n) is 6.39. The normalized spacial score (nSPS) is 11.6. The zero-order valence-corrected chi connectivity index (χ0v) is 16.0. The number of nitrogens with zero attached hydrogens (tertiary/aromatic N) is 3. The molecule has 0 aliphatic carbocycles. The zero-order chi connectivity index (χ0) is 19.1. The highest BCUT2D eigenvalue weighted by Crippen LogP contribution is 2.31. The molecular formula is C18H15ClFN5OS. The maximum Gasteiger partial charge on any atom is 0.255 e. The molecular weight excluding hydrogens is 389 g/mol. The van der Waals surface area contributed by atoms with Gasteiger partial charge in [-0.1, -0.05) is 17.7 Å². The van der Waals surface area contributed by atoms with Crippen molar-refractivity contribution in [3.63, 3.8) is 0 Å². The number of hydrogen-bond acceptors (Lipinski definition) is 4. The summed E-state index contributed by atoms with van der Waals surface area (Å²) in [5.74, 6) is -0.319. The topological polar surface area (TPSA) is 75.6 Å². The first kappa shape index (κ1) is 17.8. The molecule has 0 radical (unpaired) electrons. The highest BCUT2D eigenvalue weighted by Gasteiger charge is 2.20. The van der Waals surface area contributed by atoms with Crippen LogP contribution in [0.1, 0.15) is 24.2 Å². The van der Waals surface area contributed by atoms with Gasteiger partial charge in [0.1, 0.15) is 5.52 Å². The van der Waals surface area contributed by atoms with Gasteiger partial charge in [0.2, 0.25) is 0 Å². The van der Waals surface area contributed by atoms with Gasteiger partial charge < -0.3 is 10.3 Å². The molecule has 9 heteroatoms. The number of aromatic amines is 1. The summed E-state index contributed by atoms with van der Waals surface area (Å²) >= 11 is 6.01. The lowest BCUT2D eigenvalue weighted by Crippen LogP contribution is -2.30. The van der Waals surface area contributed by atoms with Gasteiger partial charge in [-0.3, -0.25) is 4.79 Å². The lowest BCUT2D eigenvalue weighted by Gasteiger charge is -2.07.